The standard InChI is InChI=1S/C29H33FO/c1-3-8-22-17-19-29(31,20-18-22)26-16-15-25(23-9-6-5-7-10-23)27(28(26)30)24-13-11-21(4-2)12-14-24/h5-7,9-16,22,31H,3-4,8,17-20H2,1-2H3. The van der Waals surface area contributed by atoms with Gasteiger partial charge in [0.05, 0.1) is 5.60 Å². The third-order valence-corrected chi connectivity index (χ3v) is 7.01. The number of benzene rings is 3. The Kier molecular flexibility index (Phi) is 6.57. The summed E-state index contributed by atoms with van der Waals surface area (Å²) >= 11 is 0. The minimum atomic E-state index is -1.08. The summed E-state index contributed by atoms with van der Waals surface area (Å²) in [4.78, 5) is 0. The molecule has 0 amide bonds. The molecule has 162 valence electrons. The molecule has 2 heteroatoms. The van der Waals surface area contributed by atoms with E-state index >= 15 is 4.39 Å². The molecule has 1 saturated carbocycles. The van der Waals surface area contributed by atoms with Crippen LogP contribution in [-0.2, 0) is 12.0 Å². The maximum absolute atomic E-state index is 16.2. The van der Waals surface area contributed by atoms with Gasteiger partial charge in [-0.25, -0.2) is 4.39 Å². The van der Waals surface area contributed by atoms with E-state index in [1.54, 1.807) is 0 Å². The van der Waals surface area contributed by atoms with Crippen molar-refractivity contribution >= 4 is 0 Å². The summed E-state index contributed by atoms with van der Waals surface area (Å²) in [6, 6.07) is 21.9. The van der Waals surface area contributed by atoms with Crippen LogP contribution in [-0.4, -0.2) is 5.11 Å². The molecule has 0 atom stereocenters. The molecule has 0 aromatic heterocycles. The molecular formula is C29H33FO. The molecule has 1 nitrogen and oxygen atoms in total. The van der Waals surface area contributed by atoms with Crippen LogP contribution in [0.5, 0.6) is 0 Å². The third-order valence-electron chi connectivity index (χ3n) is 7.01. The summed E-state index contributed by atoms with van der Waals surface area (Å²) in [5.74, 6) is 0.375. The van der Waals surface area contributed by atoms with Crippen LogP contribution in [0.1, 0.15) is 63.5 Å². The first-order valence-electron chi connectivity index (χ1n) is 11.8. The van der Waals surface area contributed by atoms with Crippen LogP contribution < -0.4 is 0 Å². The molecule has 1 fully saturated rings. The zero-order valence-electron chi connectivity index (χ0n) is 18.7. The van der Waals surface area contributed by atoms with Gasteiger partial charge < -0.3 is 5.11 Å². The molecule has 0 aliphatic heterocycles. The van der Waals surface area contributed by atoms with Crippen molar-refractivity contribution in [1.82, 2.24) is 0 Å². The van der Waals surface area contributed by atoms with E-state index in [1.807, 2.05) is 54.6 Å². The van der Waals surface area contributed by atoms with Gasteiger partial charge in [-0.1, -0.05) is 93.4 Å². The number of halogens is 1. The first-order chi connectivity index (χ1) is 15.1. The van der Waals surface area contributed by atoms with Crippen LogP contribution in [0.25, 0.3) is 22.3 Å². The van der Waals surface area contributed by atoms with Crippen molar-refractivity contribution in [2.24, 2.45) is 5.92 Å². The van der Waals surface area contributed by atoms with Crippen molar-refractivity contribution in [3.05, 3.63) is 83.7 Å². The second-order valence-electron chi connectivity index (χ2n) is 9.03. The largest absolute Gasteiger partial charge is 0.385 e. The molecule has 0 radical (unpaired) electrons. The highest BCUT2D eigenvalue weighted by Crippen LogP contribution is 2.45. The van der Waals surface area contributed by atoms with E-state index in [4.69, 9.17) is 0 Å². The normalized spacial score (nSPS) is 21.2. The van der Waals surface area contributed by atoms with Crippen LogP contribution >= 0.6 is 0 Å². The summed E-state index contributed by atoms with van der Waals surface area (Å²) in [6.07, 6.45) is 6.51. The first-order valence-corrected chi connectivity index (χ1v) is 11.8. The highest BCUT2D eigenvalue weighted by molar-refractivity contribution is 5.84. The Hall–Kier alpha value is -2.45. The quantitative estimate of drug-likeness (QED) is 0.433. The summed E-state index contributed by atoms with van der Waals surface area (Å²) in [5.41, 5.74) is 3.91. The Bertz CT molecular complexity index is 999. The van der Waals surface area contributed by atoms with E-state index in [0.717, 1.165) is 36.0 Å². The molecule has 0 saturated heterocycles. The van der Waals surface area contributed by atoms with E-state index in [1.165, 1.54) is 18.4 Å². The molecule has 0 unspecified atom stereocenters. The Morgan fingerprint density at radius 2 is 1.55 bits per heavy atom. The van der Waals surface area contributed by atoms with Crippen molar-refractivity contribution in [2.75, 3.05) is 0 Å². The Morgan fingerprint density at radius 1 is 0.871 bits per heavy atom. The van der Waals surface area contributed by atoms with Gasteiger partial charge in [0, 0.05) is 11.1 Å². The van der Waals surface area contributed by atoms with E-state index in [0.29, 0.717) is 29.9 Å². The molecule has 3 aromatic rings. The van der Waals surface area contributed by atoms with E-state index in [9.17, 15) is 5.11 Å². The minimum absolute atomic E-state index is 0.276. The van der Waals surface area contributed by atoms with Gasteiger partial charge in [-0.15, -0.1) is 0 Å². The zero-order chi connectivity index (χ0) is 21.8. The van der Waals surface area contributed by atoms with Crippen molar-refractivity contribution < 1.29 is 9.50 Å². The molecule has 1 aliphatic rings. The Balaban J connectivity index is 1.80. The van der Waals surface area contributed by atoms with E-state index < -0.39 is 5.60 Å². The van der Waals surface area contributed by atoms with Crippen molar-refractivity contribution in [3.63, 3.8) is 0 Å². The lowest BCUT2D eigenvalue weighted by Crippen LogP contribution is -2.32. The second kappa shape index (κ2) is 9.36. The van der Waals surface area contributed by atoms with Gasteiger partial charge in [0.25, 0.3) is 0 Å². The summed E-state index contributed by atoms with van der Waals surface area (Å²) in [6.45, 7) is 4.33. The third kappa shape index (κ3) is 4.45. The fraction of sp³-hybridized carbons (Fsp3) is 0.379. The Morgan fingerprint density at radius 3 is 2.16 bits per heavy atom. The number of hydrogen-bond acceptors (Lipinski definition) is 1. The molecule has 0 heterocycles. The lowest BCUT2D eigenvalue weighted by atomic mass is 9.73. The van der Waals surface area contributed by atoms with Gasteiger partial charge in [0.1, 0.15) is 5.82 Å². The highest BCUT2D eigenvalue weighted by Gasteiger charge is 2.37. The monoisotopic (exact) mass is 416 g/mol. The maximum atomic E-state index is 16.2. The van der Waals surface area contributed by atoms with Crippen molar-refractivity contribution in [3.8, 4) is 22.3 Å². The smallest absolute Gasteiger partial charge is 0.137 e. The first kappa shape index (κ1) is 21.8. The van der Waals surface area contributed by atoms with Gasteiger partial charge in [0.15, 0.2) is 0 Å². The number of aliphatic hydroxyl groups is 1. The van der Waals surface area contributed by atoms with Crippen LogP contribution in [0, 0.1) is 11.7 Å². The summed E-state index contributed by atoms with van der Waals surface area (Å²) in [5, 5.41) is 11.5. The van der Waals surface area contributed by atoms with E-state index in [-0.39, 0.29) is 5.82 Å². The van der Waals surface area contributed by atoms with Crippen LogP contribution in [0.3, 0.4) is 0 Å². The lowest BCUT2D eigenvalue weighted by Gasteiger charge is -2.37. The molecule has 1 N–H and O–H groups in total. The van der Waals surface area contributed by atoms with Crippen LogP contribution in [0.4, 0.5) is 4.39 Å². The average molecular weight is 417 g/mol. The molecule has 1 aliphatic carbocycles. The van der Waals surface area contributed by atoms with Gasteiger partial charge in [-0.3, -0.25) is 0 Å². The minimum Gasteiger partial charge on any atom is -0.385 e. The van der Waals surface area contributed by atoms with Gasteiger partial charge in [0.2, 0.25) is 0 Å². The van der Waals surface area contributed by atoms with Crippen LogP contribution in [0.15, 0.2) is 66.7 Å². The zero-order valence-corrected chi connectivity index (χ0v) is 18.7. The SMILES string of the molecule is CCCC1CCC(O)(c2ccc(-c3ccccc3)c(-c3ccc(CC)cc3)c2F)CC1. The number of rotatable bonds is 6. The maximum Gasteiger partial charge on any atom is 0.137 e. The van der Waals surface area contributed by atoms with Crippen molar-refractivity contribution in [1.29, 1.82) is 0 Å². The lowest BCUT2D eigenvalue weighted by molar-refractivity contribution is -0.0179. The predicted octanol–water partition coefficient (Wildman–Crippen LogP) is 7.90. The molecular weight excluding hydrogens is 383 g/mol. The fourth-order valence-electron chi connectivity index (χ4n) is 5.10. The molecule has 3 aromatic carbocycles. The summed E-state index contributed by atoms with van der Waals surface area (Å²) in [7, 11) is 0. The predicted molar refractivity (Wildman–Crippen MR) is 127 cm³/mol. The molecule has 31 heavy (non-hydrogen) atoms. The average Bonchev–Trinajstić information content (AvgIpc) is 2.81. The van der Waals surface area contributed by atoms with Crippen LogP contribution in [0.2, 0.25) is 0 Å². The van der Waals surface area contributed by atoms with Gasteiger partial charge >= 0.3 is 0 Å². The summed E-state index contributed by atoms with van der Waals surface area (Å²) < 4.78 is 16.2. The number of aryl methyl sites for hydroxylation is 1. The van der Waals surface area contributed by atoms with Gasteiger partial charge in [-0.2, -0.15) is 0 Å². The number of hydrogen-bond donors (Lipinski definition) is 1. The molecule has 4 rings (SSSR count). The highest BCUT2D eigenvalue weighted by atomic mass is 19.1. The topological polar surface area (TPSA) is 20.2 Å². The Labute approximate surface area is 186 Å². The van der Waals surface area contributed by atoms with Gasteiger partial charge in [-0.05, 0) is 60.3 Å². The molecule has 0 spiro atoms. The van der Waals surface area contributed by atoms with Crippen molar-refractivity contribution in [2.45, 2.75) is 64.4 Å². The second-order valence-corrected chi connectivity index (χ2v) is 9.03. The molecule has 0 bridgehead atoms. The van der Waals surface area contributed by atoms with E-state index in [2.05, 4.69) is 26.0 Å². The fourth-order valence-corrected chi connectivity index (χ4v) is 5.10.